The van der Waals surface area contributed by atoms with E-state index in [0.717, 1.165) is 10.8 Å². The molecule has 0 saturated carbocycles. The number of fused-ring (bicyclic) bond motifs is 3. The van der Waals surface area contributed by atoms with Crippen molar-refractivity contribution in [2.24, 2.45) is 0 Å². The molecule has 1 N–H and O–H groups in total. The Morgan fingerprint density at radius 3 is 1.95 bits per heavy atom. The molecule has 0 bridgehead atoms. The Kier molecular flexibility index (Phi) is 2.27. The van der Waals surface area contributed by atoms with Gasteiger partial charge in [0.2, 0.25) is 0 Å². The summed E-state index contributed by atoms with van der Waals surface area (Å²) >= 11 is 0. The molecule has 0 atom stereocenters. The second kappa shape index (κ2) is 4.03. The fourth-order valence-corrected chi connectivity index (χ4v) is 2.86. The molecule has 100 valence electrons. The average molecular weight is 274 g/mol. The molecule has 1 aliphatic carbocycles. The molecule has 0 fully saturated rings. The quantitative estimate of drug-likeness (QED) is 0.535. The summed E-state index contributed by atoms with van der Waals surface area (Å²) in [6.07, 6.45) is 0. The number of hydrogen-bond donors (Lipinski definition) is 1. The van der Waals surface area contributed by atoms with Crippen molar-refractivity contribution in [1.82, 2.24) is 0 Å². The van der Waals surface area contributed by atoms with Gasteiger partial charge < -0.3 is 5.11 Å². The summed E-state index contributed by atoms with van der Waals surface area (Å²) in [6, 6.07) is 15.6. The van der Waals surface area contributed by atoms with Crippen LogP contribution in [-0.2, 0) is 0 Å². The SMILES string of the molecule is O=C1c2cc3ccccc3cc2C(=O)c2c(O)cccc21. The molecule has 0 aromatic heterocycles. The molecule has 0 heterocycles. The second-order valence-corrected chi connectivity index (χ2v) is 5.10. The molecular weight excluding hydrogens is 264 g/mol. The van der Waals surface area contributed by atoms with Gasteiger partial charge in [0.15, 0.2) is 11.6 Å². The third-order valence-corrected chi connectivity index (χ3v) is 3.89. The minimum absolute atomic E-state index is 0.102. The van der Waals surface area contributed by atoms with E-state index in [1.807, 2.05) is 24.3 Å². The van der Waals surface area contributed by atoms with Crippen LogP contribution in [0.2, 0.25) is 0 Å². The number of phenolic OH excluding ortho intramolecular Hbond substituents is 1. The number of carbonyl (C=O) groups is 2. The fourth-order valence-electron chi connectivity index (χ4n) is 2.86. The standard InChI is InChI=1S/C18H10O3/c19-15-7-3-6-12-16(15)18(21)14-9-11-5-2-1-4-10(11)8-13(14)17(12)20/h1-9,19H. The third-order valence-electron chi connectivity index (χ3n) is 3.89. The Labute approximate surface area is 120 Å². The number of rotatable bonds is 0. The van der Waals surface area contributed by atoms with Gasteiger partial charge in [-0.3, -0.25) is 9.59 Å². The Bertz CT molecular complexity index is 938. The molecule has 1 aliphatic rings. The van der Waals surface area contributed by atoms with Crippen LogP contribution in [0, 0.1) is 0 Å². The number of phenols is 1. The number of aromatic hydroxyl groups is 1. The Balaban J connectivity index is 2.09. The average Bonchev–Trinajstić information content (AvgIpc) is 2.51. The van der Waals surface area contributed by atoms with Crippen LogP contribution < -0.4 is 0 Å². The van der Waals surface area contributed by atoms with E-state index in [4.69, 9.17) is 0 Å². The van der Waals surface area contributed by atoms with Crippen molar-refractivity contribution in [2.75, 3.05) is 0 Å². The Hall–Kier alpha value is -2.94. The number of ketones is 2. The highest BCUT2D eigenvalue weighted by molar-refractivity contribution is 6.30. The predicted octanol–water partition coefficient (Wildman–Crippen LogP) is 3.32. The molecule has 0 amide bonds. The van der Waals surface area contributed by atoms with Gasteiger partial charge >= 0.3 is 0 Å². The minimum Gasteiger partial charge on any atom is -0.507 e. The van der Waals surface area contributed by atoms with Crippen molar-refractivity contribution in [3.8, 4) is 5.75 Å². The molecule has 3 heteroatoms. The highest BCUT2D eigenvalue weighted by Crippen LogP contribution is 2.34. The lowest BCUT2D eigenvalue weighted by atomic mass is 9.82. The zero-order valence-corrected chi connectivity index (χ0v) is 11.0. The summed E-state index contributed by atoms with van der Waals surface area (Å²) in [5.41, 5.74) is 1.12. The van der Waals surface area contributed by atoms with E-state index in [0.29, 0.717) is 11.1 Å². The van der Waals surface area contributed by atoms with Crippen LogP contribution in [-0.4, -0.2) is 16.7 Å². The first-order valence-corrected chi connectivity index (χ1v) is 6.61. The summed E-state index contributed by atoms with van der Waals surface area (Å²) in [5, 5.41) is 11.7. The Morgan fingerprint density at radius 1 is 0.667 bits per heavy atom. The maximum atomic E-state index is 12.6. The minimum atomic E-state index is -0.302. The van der Waals surface area contributed by atoms with Crippen molar-refractivity contribution in [3.63, 3.8) is 0 Å². The first-order chi connectivity index (χ1) is 10.2. The molecular formula is C18H10O3. The zero-order valence-electron chi connectivity index (χ0n) is 11.0. The largest absolute Gasteiger partial charge is 0.507 e. The molecule has 0 saturated heterocycles. The van der Waals surface area contributed by atoms with Crippen molar-refractivity contribution in [2.45, 2.75) is 0 Å². The summed E-state index contributed by atoms with van der Waals surface area (Å²) in [5.74, 6) is -0.672. The van der Waals surface area contributed by atoms with Gasteiger partial charge in [-0.15, -0.1) is 0 Å². The van der Waals surface area contributed by atoms with Crippen molar-refractivity contribution in [1.29, 1.82) is 0 Å². The van der Waals surface area contributed by atoms with E-state index in [2.05, 4.69) is 0 Å². The van der Waals surface area contributed by atoms with E-state index in [9.17, 15) is 14.7 Å². The summed E-state index contributed by atoms with van der Waals surface area (Å²) in [6.45, 7) is 0. The van der Waals surface area contributed by atoms with Gasteiger partial charge in [-0.2, -0.15) is 0 Å². The normalized spacial score (nSPS) is 13.1. The van der Waals surface area contributed by atoms with Crippen LogP contribution >= 0.6 is 0 Å². The zero-order chi connectivity index (χ0) is 14.6. The second-order valence-electron chi connectivity index (χ2n) is 5.10. The first-order valence-electron chi connectivity index (χ1n) is 6.61. The van der Waals surface area contributed by atoms with Gasteiger partial charge in [0, 0.05) is 16.7 Å². The van der Waals surface area contributed by atoms with Crippen molar-refractivity contribution >= 4 is 22.3 Å². The summed E-state index contributed by atoms with van der Waals surface area (Å²) in [7, 11) is 0. The van der Waals surface area contributed by atoms with Crippen LogP contribution in [0.25, 0.3) is 10.8 Å². The monoisotopic (exact) mass is 274 g/mol. The van der Waals surface area contributed by atoms with E-state index < -0.39 is 0 Å². The summed E-state index contributed by atoms with van der Waals surface area (Å²) in [4.78, 5) is 25.2. The third kappa shape index (κ3) is 1.54. The van der Waals surface area contributed by atoms with Crippen LogP contribution in [0.3, 0.4) is 0 Å². The maximum absolute atomic E-state index is 12.6. The summed E-state index contributed by atoms with van der Waals surface area (Å²) < 4.78 is 0. The molecule has 3 nitrogen and oxygen atoms in total. The molecule has 0 radical (unpaired) electrons. The predicted molar refractivity (Wildman–Crippen MR) is 78.9 cm³/mol. The molecule has 0 unspecified atom stereocenters. The van der Waals surface area contributed by atoms with E-state index in [1.54, 1.807) is 24.3 Å². The number of benzene rings is 3. The highest BCUT2D eigenvalue weighted by atomic mass is 16.3. The van der Waals surface area contributed by atoms with Gasteiger partial charge in [0.05, 0.1) is 5.56 Å². The van der Waals surface area contributed by atoms with Gasteiger partial charge in [0.1, 0.15) is 5.75 Å². The van der Waals surface area contributed by atoms with Crippen LogP contribution in [0.5, 0.6) is 5.75 Å². The van der Waals surface area contributed by atoms with Crippen molar-refractivity contribution in [3.05, 3.63) is 76.9 Å². The molecule has 21 heavy (non-hydrogen) atoms. The molecule has 3 aromatic carbocycles. The lowest BCUT2D eigenvalue weighted by Gasteiger charge is -2.18. The Morgan fingerprint density at radius 2 is 1.29 bits per heavy atom. The molecule has 3 aromatic rings. The van der Waals surface area contributed by atoms with Gasteiger partial charge in [-0.1, -0.05) is 36.4 Å². The van der Waals surface area contributed by atoms with E-state index in [1.165, 1.54) is 6.07 Å². The highest BCUT2D eigenvalue weighted by Gasteiger charge is 2.31. The number of carbonyl (C=O) groups excluding carboxylic acids is 2. The van der Waals surface area contributed by atoms with E-state index >= 15 is 0 Å². The lowest BCUT2D eigenvalue weighted by Crippen LogP contribution is -2.20. The molecule has 0 aliphatic heterocycles. The van der Waals surface area contributed by atoms with Gasteiger partial charge in [0.25, 0.3) is 0 Å². The van der Waals surface area contributed by atoms with Gasteiger partial charge in [-0.05, 0) is 29.0 Å². The van der Waals surface area contributed by atoms with Gasteiger partial charge in [-0.25, -0.2) is 0 Å². The molecule has 0 spiro atoms. The number of hydrogen-bond acceptors (Lipinski definition) is 3. The fraction of sp³-hybridized carbons (Fsp3) is 0. The molecule has 4 rings (SSSR count). The van der Waals surface area contributed by atoms with Crippen LogP contribution in [0.1, 0.15) is 31.8 Å². The first kappa shape index (κ1) is 11.9. The van der Waals surface area contributed by atoms with E-state index in [-0.39, 0.29) is 28.4 Å². The van der Waals surface area contributed by atoms with Crippen molar-refractivity contribution < 1.29 is 14.7 Å². The maximum Gasteiger partial charge on any atom is 0.198 e. The smallest absolute Gasteiger partial charge is 0.198 e. The van der Waals surface area contributed by atoms with Crippen LogP contribution in [0.4, 0.5) is 0 Å². The lowest BCUT2D eigenvalue weighted by molar-refractivity contribution is 0.0977. The van der Waals surface area contributed by atoms with Crippen LogP contribution in [0.15, 0.2) is 54.6 Å². The topological polar surface area (TPSA) is 54.4 Å².